The van der Waals surface area contributed by atoms with Gasteiger partial charge in [0.2, 0.25) is 5.75 Å². The van der Waals surface area contributed by atoms with Crippen LogP contribution in [0.4, 0.5) is 0 Å². The van der Waals surface area contributed by atoms with E-state index < -0.39 is 0 Å². The SMILES string of the molecule is COc1cc(OC)c(-c2oncc2-c2cc(OC)c(OC)c(OC)c2)cc1OC. The largest absolute Gasteiger partial charge is 0.496 e. The maximum absolute atomic E-state index is 5.58. The fraction of sp³-hybridized carbons (Fsp3) is 0.286. The average molecular weight is 401 g/mol. The van der Waals surface area contributed by atoms with E-state index in [0.29, 0.717) is 45.8 Å². The van der Waals surface area contributed by atoms with Gasteiger partial charge in [-0.3, -0.25) is 0 Å². The van der Waals surface area contributed by atoms with Crippen LogP contribution in [-0.4, -0.2) is 47.8 Å². The number of ether oxygens (including phenoxy) is 6. The molecule has 0 aliphatic heterocycles. The highest BCUT2D eigenvalue weighted by Gasteiger charge is 2.23. The van der Waals surface area contributed by atoms with E-state index >= 15 is 0 Å². The summed E-state index contributed by atoms with van der Waals surface area (Å²) < 4.78 is 38.2. The summed E-state index contributed by atoms with van der Waals surface area (Å²) in [5, 5.41) is 3.99. The Kier molecular flexibility index (Phi) is 6.01. The van der Waals surface area contributed by atoms with Gasteiger partial charge in [-0.15, -0.1) is 0 Å². The summed E-state index contributed by atoms with van der Waals surface area (Å²) in [5.74, 6) is 3.67. The van der Waals surface area contributed by atoms with Gasteiger partial charge in [0.05, 0.1) is 54.4 Å². The van der Waals surface area contributed by atoms with Crippen molar-refractivity contribution in [3.63, 3.8) is 0 Å². The highest BCUT2D eigenvalue weighted by Crippen LogP contribution is 2.46. The lowest BCUT2D eigenvalue weighted by Gasteiger charge is -2.15. The summed E-state index contributed by atoms with van der Waals surface area (Å²) in [4.78, 5) is 0. The molecule has 2 aromatic carbocycles. The first kappa shape index (κ1) is 20.2. The molecule has 0 unspecified atom stereocenters. The van der Waals surface area contributed by atoms with Crippen molar-refractivity contribution in [3.8, 4) is 56.9 Å². The van der Waals surface area contributed by atoms with Crippen molar-refractivity contribution in [2.45, 2.75) is 0 Å². The summed E-state index contributed by atoms with van der Waals surface area (Å²) in [7, 11) is 9.38. The summed E-state index contributed by atoms with van der Waals surface area (Å²) in [5.41, 5.74) is 2.15. The number of rotatable bonds is 8. The minimum atomic E-state index is 0.497. The third kappa shape index (κ3) is 3.61. The Bertz CT molecular complexity index is 972. The van der Waals surface area contributed by atoms with Gasteiger partial charge in [0.15, 0.2) is 28.8 Å². The molecule has 0 aliphatic carbocycles. The standard InChI is InChI=1S/C21H23NO7/c1-23-15-10-17(25-3)16(24-2)9-13(15)20-14(11-22-29-20)12-7-18(26-4)21(28-6)19(8-12)27-5/h7-11H,1-6H3. The molecule has 1 aromatic heterocycles. The molecule has 154 valence electrons. The van der Waals surface area contributed by atoms with Gasteiger partial charge in [-0.25, -0.2) is 0 Å². The minimum Gasteiger partial charge on any atom is -0.496 e. The first-order chi connectivity index (χ1) is 14.1. The fourth-order valence-electron chi connectivity index (χ4n) is 3.08. The molecule has 29 heavy (non-hydrogen) atoms. The van der Waals surface area contributed by atoms with E-state index in [1.165, 1.54) is 0 Å². The molecule has 0 spiro atoms. The van der Waals surface area contributed by atoms with Crippen LogP contribution in [0.15, 0.2) is 35.0 Å². The lowest BCUT2D eigenvalue weighted by atomic mass is 10.0. The van der Waals surface area contributed by atoms with Crippen LogP contribution in [0.2, 0.25) is 0 Å². The summed E-state index contributed by atoms with van der Waals surface area (Å²) in [6.45, 7) is 0. The second-order valence-electron chi connectivity index (χ2n) is 5.89. The quantitative estimate of drug-likeness (QED) is 0.559. The topological polar surface area (TPSA) is 81.4 Å². The van der Waals surface area contributed by atoms with Crippen molar-refractivity contribution in [2.24, 2.45) is 0 Å². The molecule has 0 fully saturated rings. The van der Waals surface area contributed by atoms with Crippen LogP contribution in [0.3, 0.4) is 0 Å². The zero-order valence-electron chi connectivity index (χ0n) is 17.2. The monoisotopic (exact) mass is 401 g/mol. The number of hydrogen-bond acceptors (Lipinski definition) is 8. The molecule has 1 heterocycles. The van der Waals surface area contributed by atoms with E-state index in [1.807, 2.05) is 12.1 Å². The zero-order valence-corrected chi connectivity index (χ0v) is 17.2. The third-order valence-electron chi connectivity index (χ3n) is 4.50. The van der Waals surface area contributed by atoms with Crippen LogP contribution in [0.5, 0.6) is 34.5 Å². The van der Waals surface area contributed by atoms with E-state index in [9.17, 15) is 0 Å². The van der Waals surface area contributed by atoms with Gasteiger partial charge >= 0.3 is 0 Å². The van der Waals surface area contributed by atoms with Crippen molar-refractivity contribution in [1.82, 2.24) is 5.16 Å². The van der Waals surface area contributed by atoms with Crippen molar-refractivity contribution in [1.29, 1.82) is 0 Å². The predicted molar refractivity (Wildman–Crippen MR) is 107 cm³/mol. The number of benzene rings is 2. The summed E-state index contributed by atoms with van der Waals surface area (Å²) >= 11 is 0. The number of nitrogens with zero attached hydrogens (tertiary/aromatic N) is 1. The number of methoxy groups -OCH3 is 6. The van der Waals surface area contributed by atoms with Crippen LogP contribution in [0.1, 0.15) is 0 Å². The fourth-order valence-corrected chi connectivity index (χ4v) is 3.08. The first-order valence-electron chi connectivity index (χ1n) is 8.67. The highest BCUT2D eigenvalue weighted by atomic mass is 16.5. The molecule has 0 bridgehead atoms. The van der Waals surface area contributed by atoms with Crippen molar-refractivity contribution < 1.29 is 32.9 Å². The maximum atomic E-state index is 5.58. The normalized spacial score (nSPS) is 10.4. The predicted octanol–water partition coefficient (Wildman–Crippen LogP) is 4.06. The second kappa shape index (κ2) is 8.64. The Hall–Kier alpha value is -3.55. The van der Waals surface area contributed by atoms with Gasteiger partial charge in [0.25, 0.3) is 0 Å². The summed E-state index contributed by atoms with van der Waals surface area (Å²) in [6, 6.07) is 7.16. The van der Waals surface area contributed by atoms with Gasteiger partial charge in [-0.1, -0.05) is 5.16 Å². The third-order valence-corrected chi connectivity index (χ3v) is 4.50. The molecule has 0 N–H and O–H groups in total. The van der Waals surface area contributed by atoms with Gasteiger partial charge in [-0.2, -0.15) is 0 Å². The average Bonchev–Trinajstić information content (AvgIpc) is 3.26. The van der Waals surface area contributed by atoms with Crippen LogP contribution >= 0.6 is 0 Å². The van der Waals surface area contributed by atoms with Crippen molar-refractivity contribution in [2.75, 3.05) is 42.7 Å². The first-order valence-corrected chi connectivity index (χ1v) is 8.67. The molecule has 0 atom stereocenters. The van der Waals surface area contributed by atoms with E-state index in [2.05, 4.69) is 5.16 Å². The molecule has 0 saturated heterocycles. The second-order valence-corrected chi connectivity index (χ2v) is 5.89. The van der Waals surface area contributed by atoms with Gasteiger partial charge in [0.1, 0.15) is 5.75 Å². The van der Waals surface area contributed by atoms with E-state index in [0.717, 1.165) is 11.1 Å². The Balaban J connectivity index is 2.21. The molecule has 8 nitrogen and oxygen atoms in total. The van der Waals surface area contributed by atoms with Gasteiger partial charge in [0, 0.05) is 11.6 Å². The van der Waals surface area contributed by atoms with Gasteiger partial charge < -0.3 is 32.9 Å². The van der Waals surface area contributed by atoms with Crippen molar-refractivity contribution >= 4 is 0 Å². The lowest BCUT2D eigenvalue weighted by Crippen LogP contribution is -1.96. The highest BCUT2D eigenvalue weighted by molar-refractivity contribution is 5.85. The molecule has 0 amide bonds. The molecule has 3 rings (SSSR count). The zero-order chi connectivity index (χ0) is 21.0. The molecular weight excluding hydrogens is 378 g/mol. The van der Waals surface area contributed by atoms with E-state index in [1.54, 1.807) is 61.0 Å². The van der Waals surface area contributed by atoms with Crippen LogP contribution in [0, 0.1) is 0 Å². The van der Waals surface area contributed by atoms with Gasteiger partial charge in [-0.05, 0) is 23.8 Å². The van der Waals surface area contributed by atoms with Crippen LogP contribution < -0.4 is 28.4 Å². The molecule has 3 aromatic rings. The smallest absolute Gasteiger partial charge is 0.203 e. The van der Waals surface area contributed by atoms with Crippen molar-refractivity contribution in [3.05, 3.63) is 30.5 Å². The Morgan fingerprint density at radius 2 is 1.14 bits per heavy atom. The minimum absolute atomic E-state index is 0.497. The lowest BCUT2D eigenvalue weighted by molar-refractivity contribution is 0.324. The Morgan fingerprint density at radius 3 is 1.66 bits per heavy atom. The molecule has 0 radical (unpaired) electrons. The number of hydrogen-bond donors (Lipinski definition) is 0. The Labute approximate surface area is 168 Å². The van der Waals surface area contributed by atoms with E-state index in [-0.39, 0.29) is 0 Å². The van der Waals surface area contributed by atoms with E-state index in [4.69, 9.17) is 32.9 Å². The molecular formula is C21H23NO7. The Morgan fingerprint density at radius 1 is 0.586 bits per heavy atom. The maximum Gasteiger partial charge on any atom is 0.203 e. The number of aromatic nitrogens is 1. The van der Waals surface area contributed by atoms with Crippen LogP contribution in [0.25, 0.3) is 22.5 Å². The van der Waals surface area contributed by atoms with Crippen LogP contribution in [-0.2, 0) is 0 Å². The molecule has 0 saturated carbocycles. The summed E-state index contributed by atoms with van der Waals surface area (Å²) in [6.07, 6.45) is 1.62. The molecule has 0 aliphatic rings. The molecule has 8 heteroatoms.